The summed E-state index contributed by atoms with van der Waals surface area (Å²) in [5.41, 5.74) is -0.178. The molecular formula is C17H18N4O4S. The summed E-state index contributed by atoms with van der Waals surface area (Å²) in [7, 11) is 0. The van der Waals surface area contributed by atoms with Crippen LogP contribution in [0.4, 0.5) is 0 Å². The zero-order valence-corrected chi connectivity index (χ0v) is 15.4. The number of ether oxygens (including phenoxy) is 2. The van der Waals surface area contributed by atoms with Crippen LogP contribution in [0.3, 0.4) is 0 Å². The molecule has 3 aromatic rings. The lowest BCUT2D eigenvalue weighted by Gasteiger charge is -2.23. The molecule has 0 amide bonds. The number of thioether (sulfide) groups is 1. The highest BCUT2D eigenvalue weighted by molar-refractivity contribution is 7.98. The third kappa shape index (κ3) is 3.52. The van der Waals surface area contributed by atoms with Gasteiger partial charge in [-0.25, -0.2) is 0 Å². The smallest absolute Gasteiger partial charge is 0.277 e. The van der Waals surface area contributed by atoms with Gasteiger partial charge in [0.1, 0.15) is 6.61 Å². The Hall–Kier alpha value is -2.55. The van der Waals surface area contributed by atoms with E-state index in [1.807, 2.05) is 45.0 Å². The monoisotopic (exact) mass is 374 g/mol. The normalized spacial score (nSPS) is 16.7. The van der Waals surface area contributed by atoms with Crippen LogP contribution in [-0.2, 0) is 11.2 Å². The van der Waals surface area contributed by atoms with E-state index < -0.39 is 6.10 Å². The first kappa shape index (κ1) is 16.9. The number of nitrogens with zero attached hydrogens (tertiary/aromatic N) is 4. The van der Waals surface area contributed by atoms with Crippen molar-refractivity contribution in [1.29, 1.82) is 0 Å². The van der Waals surface area contributed by atoms with E-state index in [9.17, 15) is 0 Å². The molecule has 0 saturated heterocycles. The highest BCUT2D eigenvalue weighted by atomic mass is 32.2. The summed E-state index contributed by atoms with van der Waals surface area (Å²) >= 11 is 1.35. The molecule has 0 unspecified atom stereocenters. The minimum Gasteiger partial charge on any atom is -0.485 e. The van der Waals surface area contributed by atoms with E-state index in [0.29, 0.717) is 46.7 Å². The Morgan fingerprint density at radius 2 is 1.96 bits per heavy atom. The Balaban J connectivity index is 1.39. The predicted molar refractivity (Wildman–Crippen MR) is 92.2 cm³/mol. The third-order valence-corrected chi connectivity index (χ3v) is 4.46. The first-order valence-corrected chi connectivity index (χ1v) is 9.15. The van der Waals surface area contributed by atoms with Gasteiger partial charge in [-0.3, -0.25) is 0 Å². The fraction of sp³-hybridized carbons (Fsp3) is 0.412. The number of fused-ring (bicyclic) bond motifs is 1. The molecule has 1 atom stereocenters. The van der Waals surface area contributed by atoms with E-state index in [4.69, 9.17) is 18.4 Å². The van der Waals surface area contributed by atoms with Gasteiger partial charge in [0.25, 0.3) is 11.1 Å². The van der Waals surface area contributed by atoms with E-state index in [0.717, 1.165) is 0 Å². The molecule has 1 aliphatic heterocycles. The summed E-state index contributed by atoms with van der Waals surface area (Å²) in [4.78, 5) is 4.39. The van der Waals surface area contributed by atoms with Gasteiger partial charge in [-0.1, -0.05) is 49.8 Å². The van der Waals surface area contributed by atoms with Gasteiger partial charge in [0.05, 0.1) is 5.75 Å². The molecule has 1 aliphatic rings. The quantitative estimate of drug-likeness (QED) is 0.635. The van der Waals surface area contributed by atoms with Crippen LogP contribution in [0.2, 0.25) is 0 Å². The molecule has 26 heavy (non-hydrogen) atoms. The van der Waals surface area contributed by atoms with Crippen LogP contribution >= 0.6 is 11.8 Å². The molecule has 0 bridgehead atoms. The molecule has 8 nitrogen and oxygen atoms in total. The maximum Gasteiger partial charge on any atom is 0.277 e. The second-order valence-corrected chi connectivity index (χ2v) is 7.75. The van der Waals surface area contributed by atoms with Crippen LogP contribution < -0.4 is 9.47 Å². The summed E-state index contributed by atoms with van der Waals surface area (Å²) < 4.78 is 22.5. The first-order valence-electron chi connectivity index (χ1n) is 8.17. The highest BCUT2D eigenvalue weighted by Crippen LogP contribution is 2.36. The van der Waals surface area contributed by atoms with Crippen molar-refractivity contribution in [3.63, 3.8) is 0 Å². The molecule has 9 heteroatoms. The van der Waals surface area contributed by atoms with Crippen LogP contribution in [0.25, 0.3) is 0 Å². The lowest BCUT2D eigenvalue weighted by atomic mass is 9.97. The van der Waals surface area contributed by atoms with Crippen LogP contribution in [0.1, 0.15) is 44.5 Å². The van der Waals surface area contributed by atoms with E-state index in [1.165, 1.54) is 11.8 Å². The molecule has 0 N–H and O–H groups in total. The standard InChI is InChI=1S/C17H18N4O4S/c1-17(2,3)15-18-13(21-25-15)9-26-16-20-19-14(24-16)12-8-22-10-6-4-5-7-11(10)23-12/h4-7,12H,8-9H2,1-3H3/t12-/m0/s1. The van der Waals surface area contributed by atoms with Crippen LogP contribution in [0.5, 0.6) is 11.5 Å². The van der Waals surface area contributed by atoms with Gasteiger partial charge in [0.15, 0.2) is 17.3 Å². The number of para-hydroxylation sites is 2. The molecule has 3 heterocycles. The van der Waals surface area contributed by atoms with Gasteiger partial charge in [-0.2, -0.15) is 4.98 Å². The zero-order chi connectivity index (χ0) is 18.1. The van der Waals surface area contributed by atoms with Crippen molar-refractivity contribution >= 4 is 11.8 Å². The third-order valence-electron chi connectivity index (χ3n) is 3.64. The lowest BCUT2D eigenvalue weighted by Crippen LogP contribution is -2.21. The minimum atomic E-state index is -0.426. The Morgan fingerprint density at radius 3 is 2.73 bits per heavy atom. The maximum atomic E-state index is 5.86. The van der Waals surface area contributed by atoms with E-state index in [1.54, 1.807) is 0 Å². The second-order valence-electron chi connectivity index (χ2n) is 6.82. The van der Waals surface area contributed by atoms with Crippen molar-refractivity contribution in [2.24, 2.45) is 0 Å². The van der Waals surface area contributed by atoms with E-state index >= 15 is 0 Å². The van der Waals surface area contributed by atoms with Crippen molar-refractivity contribution in [2.75, 3.05) is 6.61 Å². The molecule has 1 aromatic carbocycles. The number of hydrogen-bond donors (Lipinski definition) is 0. The van der Waals surface area contributed by atoms with E-state index in [-0.39, 0.29) is 5.41 Å². The van der Waals surface area contributed by atoms with Gasteiger partial charge in [-0.15, -0.1) is 10.2 Å². The van der Waals surface area contributed by atoms with Crippen molar-refractivity contribution in [3.8, 4) is 11.5 Å². The Bertz CT molecular complexity index is 902. The average Bonchev–Trinajstić information content (AvgIpc) is 3.28. The lowest BCUT2D eigenvalue weighted by molar-refractivity contribution is 0.0686. The SMILES string of the molecule is CC(C)(C)c1nc(CSc2nnc([C@@H]3COc4ccccc4O3)o2)no1. The Labute approximate surface area is 154 Å². The van der Waals surface area contributed by atoms with Gasteiger partial charge < -0.3 is 18.4 Å². The molecule has 0 radical (unpaired) electrons. The molecule has 0 fully saturated rings. The summed E-state index contributed by atoms with van der Waals surface area (Å²) in [5, 5.41) is 12.5. The van der Waals surface area contributed by atoms with Crippen LogP contribution in [0.15, 0.2) is 38.4 Å². The van der Waals surface area contributed by atoms with Gasteiger partial charge in [0, 0.05) is 5.41 Å². The van der Waals surface area contributed by atoms with Crippen LogP contribution in [-0.4, -0.2) is 26.9 Å². The van der Waals surface area contributed by atoms with Gasteiger partial charge in [-0.05, 0) is 12.1 Å². The number of benzene rings is 1. The molecule has 0 saturated carbocycles. The first-order chi connectivity index (χ1) is 12.5. The predicted octanol–water partition coefficient (Wildman–Crippen LogP) is 3.55. The van der Waals surface area contributed by atoms with Crippen LogP contribution in [0, 0.1) is 0 Å². The Kier molecular flexibility index (Phi) is 4.31. The fourth-order valence-electron chi connectivity index (χ4n) is 2.29. The number of aromatic nitrogens is 4. The largest absolute Gasteiger partial charge is 0.485 e. The molecular weight excluding hydrogens is 356 g/mol. The minimum absolute atomic E-state index is 0.178. The second kappa shape index (κ2) is 6.64. The molecule has 0 aliphatic carbocycles. The number of rotatable bonds is 4. The van der Waals surface area contributed by atoms with Crippen molar-refractivity contribution < 1.29 is 18.4 Å². The van der Waals surface area contributed by atoms with Crippen molar-refractivity contribution in [3.05, 3.63) is 41.9 Å². The van der Waals surface area contributed by atoms with E-state index in [2.05, 4.69) is 20.3 Å². The topological polar surface area (TPSA) is 96.3 Å². The van der Waals surface area contributed by atoms with Crippen molar-refractivity contribution in [1.82, 2.24) is 20.3 Å². The fourth-order valence-corrected chi connectivity index (χ4v) is 2.91. The zero-order valence-electron chi connectivity index (χ0n) is 14.6. The highest BCUT2D eigenvalue weighted by Gasteiger charge is 2.27. The molecule has 136 valence electrons. The molecule has 2 aromatic heterocycles. The summed E-state index contributed by atoms with van der Waals surface area (Å²) in [6.45, 7) is 6.38. The summed E-state index contributed by atoms with van der Waals surface area (Å²) in [6, 6.07) is 7.48. The van der Waals surface area contributed by atoms with Crippen molar-refractivity contribution in [2.45, 2.75) is 43.3 Å². The van der Waals surface area contributed by atoms with Gasteiger partial charge in [0.2, 0.25) is 12.0 Å². The summed E-state index contributed by atoms with van der Waals surface area (Å²) in [5.74, 6) is 3.43. The molecule has 4 rings (SSSR count). The maximum absolute atomic E-state index is 5.86. The Morgan fingerprint density at radius 1 is 1.15 bits per heavy atom. The molecule has 0 spiro atoms. The summed E-state index contributed by atoms with van der Waals surface area (Å²) in [6.07, 6.45) is -0.426. The average molecular weight is 374 g/mol. The number of hydrogen-bond acceptors (Lipinski definition) is 9. The van der Waals surface area contributed by atoms with Gasteiger partial charge >= 0.3 is 0 Å².